The van der Waals surface area contributed by atoms with Crippen molar-refractivity contribution in [2.75, 3.05) is 25.4 Å². The van der Waals surface area contributed by atoms with Crippen LogP contribution < -0.4 is 5.73 Å². The van der Waals surface area contributed by atoms with E-state index >= 15 is 0 Å². The molecule has 0 aromatic carbocycles. The molecular weight excluding hydrogens is 218 g/mol. The van der Waals surface area contributed by atoms with E-state index in [0.717, 1.165) is 36.0 Å². The van der Waals surface area contributed by atoms with Crippen LogP contribution >= 0.6 is 11.8 Å². The van der Waals surface area contributed by atoms with Crippen LogP contribution in [0.1, 0.15) is 19.4 Å². The maximum atomic E-state index is 5.52. The number of hydrogen-bond acceptors (Lipinski definition) is 4. The van der Waals surface area contributed by atoms with Crippen LogP contribution in [0.2, 0.25) is 0 Å². The highest BCUT2D eigenvalue weighted by Crippen LogP contribution is 2.15. The van der Waals surface area contributed by atoms with Crippen LogP contribution in [0, 0.1) is 0 Å². The number of pyridine rings is 1. The quantitative estimate of drug-likeness (QED) is 0.739. The van der Waals surface area contributed by atoms with Crippen LogP contribution in [0.25, 0.3) is 0 Å². The molecule has 1 rings (SSSR count). The van der Waals surface area contributed by atoms with Crippen molar-refractivity contribution in [1.82, 2.24) is 9.88 Å². The molecule has 0 saturated carbocycles. The number of thioether (sulfide) groups is 1. The van der Waals surface area contributed by atoms with Gasteiger partial charge in [-0.2, -0.15) is 0 Å². The molecule has 1 heterocycles. The van der Waals surface area contributed by atoms with Gasteiger partial charge in [-0.15, -0.1) is 11.8 Å². The summed E-state index contributed by atoms with van der Waals surface area (Å²) < 4.78 is 0. The molecule has 1 aromatic heterocycles. The number of nitrogens with zero attached hydrogens (tertiary/aromatic N) is 2. The van der Waals surface area contributed by atoms with Crippen molar-refractivity contribution >= 4 is 11.8 Å². The van der Waals surface area contributed by atoms with Gasteiger partial charge in [-0.1, -0.05) is 19.9 Å². The molecule has 0 spiro atoms. The first kappa shape index (κ1) is 13.5. The molecule has 16 heavy (non-hydrogen) atoms. The minimum atomic E-state index is 0.567. The third kappa shape index (κ3) is 4.51. The monoisotopic (exact) mass is 239 g/mol. The van der Waals surface area contributed by atoms with E-state index < -0.39 is 0 Å². The molecule has 0 amide bonds. The summed E-state index contributed by atoms with van der Waals surface area (Å²) in [6.45, 7) is 8.33. The number of nitrogens with two attached hydrogens (primary N) is 1. The smallest absolute Gasteiger partial charge is 0.0960 e. The molecule has 3 nitrogen and oxygen atoms in total. The van der Waals surface area contributed by atoms with Gasteiger partial charge >= 0.3 is 0 Å². The molecule has 0 aliphatic rings. The van der Waals surface area contributed by atoms with Crippen molar-refractivity contribution in [2.45, 2.75) is 25.4 Å². The maximum absolute atomic E-state index is 5.52. The van der Waals surface area contributed by atoms with Crippen molar-refractivity contribution in [1.29, 1.82) is 0 Å². The molecule has 0 atom stereocenters. The topological polar surface area (TPSA) is 42.1 Å². The highest BCUT2D eigenvalue weighted by Gasteiger charge is 2.00. The summed E-state index contributed by atoms with van der Waals surface area (Å²) >= 11 is 1.81. The largest absolute Gasteiger partial charge is 0.326 e. The average molecular weight is 239 g/mol. The lowest BCUT2D eigenvalue weighted by Crippen LogP contribution is -2.25. The Morgan fingerprint density at radius 3 is 2.56 bits per heavy atom. The van der Waals surface area contributed by atoms with Crippen molar-refractivity contribution in [3.8, 4) is 0 Å². The minimum Gasteiger partial charge on any atom is -0.326 e. The molecule has 0 radical (unpaired) electrons. The lowest BCUT2D eigenvalue weighted by atomic mass is 10.3. The van der Waals surface area contributed by atoms with Gasteiger partial charge in [0.15, 0.2) is 0 Å². The van der Waals surface area contributed by atoms with Gasteiger partial charge in [-0.3, -0.25) is 0 Å². The second-order valence-corrected chi connectivity index (χ2v) is 4.70. The first-order valence-corrected chi connectivity index (χ1v) is 6.78. The Bertz CT molecular complexity index is 283. The molecule has 2 N–H and O–H groups in total. The third-order valence-electron chi connectivity index (χ3n) is 2.59. The van der Waals surface area contributed by atoms with Gasteiger partial charge in [0.25, 0.3) is 0 Å². The second-order valence-electron chi connectivity index (χ2n) is 3.58. The zero-order valence-corrected chi connectivity index (χ0v) is 11.0. The van der Waals surface area contributed by atoms with Crippen LogP contribution in [0.3, 0.4) is 0 Å². The fourth-order valence-corrected chi connectivity index (χ4v) is 2.29. The summed E-state index contributed by atoms with van der Waals surface area (Å²) in [7, 11) is 0. The van der Waals surface area contributed by atoms with E-state index in [1.165, 1.54) is 0 Å². The summed E-state index contributed by atoms with van der Waals surface area (Å²) in [6.07, 6.45) is 1.86. The zero-order chi connectivity index (χ0) is 11.8. The normalized spacial score (nSPS) is 11.0. The summed E-state index contributed by atoms with van der Waals surface area (Å²) in [6, 6.07) is 4.10. The minimum absolute atomic E-state index is 0.567. The number of rotatable bonds is 7. The molecule has 4 heteroatoms. The van der Waals surface area contributed by atoms with Gasteiger partial charge in [0.1, 0.15) is 0 Å². The van der Waals surface area contributed by atoms with Crippen LogP contribution in [0.15, 0.2) is 23.4 Å². The molecular formula is C12H21N3S. The van der Waals surface area contributed by atoms with Gasteiger partial charge in [-0.05, 0) is 24.7 Å². The Morgan fingerprint density at radius 1 is 1.31 bits per heavy atom. The fraction of sp³-hybridized carbons (Fsp3) is 0.583. The van der Waals surface area contributed by atoms with E-state index in [0.29, 0.717) is 6.54 Å². The standard InChI is InChI=1S/C12H21N3S/c1-3-15(4-2)7-8-16-12-6-5-11(9-13)10-14-12/h5-6,10H,3-4,7-9,13H2,1-2H3. The summed E-state index contributed by atoms with van der Waals surface area (Å²) in [4.78, 5) is 6.78. The predicted molar refractivity (Wildman–Crippen MR) is 70.6 cm³/mol. The Kier molecular flexibility index (Phi) is 6.45. The first-order valence-electron chi connectivity index (χ1n) is 5.80. The summed E-state index contributed by atoms with van der Waals surface area (Å²) in [5.41, 5.74) is 6.61. The van der Waals surface area contributed by atoms with Gasteiger partial charge in [0.05, 0.1) is 5.03 Å². The third-order valence-corrected chi connectivity index (χ3v) is 3.51. The maximum Gasteiger partial charge on any atom is 0.0960 e. The van der Waals surface area contributed by atoms with E-state index in [4.69, 9.17) is 5.73 Å². The molecule has 0 saturated heterocycles. The van der Waals surface area contributed by atoms with Gasteiger partial charge in [0, 0.05) is 25.0 Å². The SMILES string of the molecule is CCN(CC)CCSc1ccc(CN)cn1. The molecule has 0 unspecified atom stereocenters. The van der Waals surface area contributed by atoms with Crippen LogP contribution in [-0.4, -0.2) is 35.3 Å². The Morgan fingerprint density at radius 2 is 2.06 bits per heavy atom. The lowest BCUT2D eigenvalue weighted by Gasteiger charge is -2.17. The lowest BCUT2D eigenvalue weighted by molar-refractivity contribution is 0.324. The molecule has 0 aliphatic heterocycles. The Balaban J connectivity index is 2.31. The van der Waals surface area contributed by atoms with E-state index in [2.05, 4.69) is 29.8 Å². The van der Waals surface area contributed by atoms with Crippen molar-refractivity contribution < 1.29 is 0 Å². The fourth-order valence-electron chi connectivity index (χ4n) is 1.44. The van der Waals surface area contributed by atoms with Crippen molar-refractivity contribution in [3.05, 3.63) is 23.9 Å². The first-order chi connectivity index (χ1) is 7.80. The predicted octanol–water partition coefficient (Wildman–Crippen LogP) is 1.97. The summed E-state index contributed by atoms with van der Waals surface area (Å²) in [5.74, 6) is 1.09. The summed E-state index contributed by atoms with van der Waals surface area (Å²) in [5, 5.41) is 1.09. The van der Waals surface area contributed by atoms with E-state index in [-0.39, 0.29) is 0 Å². The van der Waals surface area contributed by atoms with Crippen LogP contribution in [0.5, 0.6) is 0 Å². The number of aromatic nitrogens is 1. The van der Waals surface area contributed by atoms with Crippen LogP contribution in [-0.2, 0) is 6.54 Å². The van der Waals surface area contributed by atoms with E-state index in [1.807, 2.05) is 12.3 Å². The van der Waals surface area contributed by atoms with Crippen molar-refractivity contribution in [2.24, 2.45) is 5.73 Å². The zero-order valence-electron chi connectivity index (χ0n) is 10.1. The van der Waals surface area contributed by atoms with E-state index in [1.54, 1.807) is 11.8 Å². The van der Waals surface area contributed by atoms with Crippen molar-refractivity contribution in [3.63, 3.8) is 0 Å². The molecule has 0 bridgehead atoms. The highest BCUT2D eigenvalue weighted by atomic mass is 32.2. The Hall–Kier alpha value is -0.580. The van der Waals surface area contributed by atoms with Gasteiger partial charge in [-0.25, -0.2) is 4.98 Å². The molecule has 0 aliphatic carbocycles. The van der Waals surface area contributed by atoms with E-state index in [9.17, 15) is 0 Å². The average Bonchev–Trinajstić information content (AvgIpc) is 2.35. The Labute approximate surface area is 102 Å². The number of hydrogen-bond donors (Lipinski definition) is 1. The second kappa shape index (κ2) is 7.65. The highest BCUT2D eigenvalue weighted by molar-refractivity contribution is 7.99. The molecule has 90 valence electrons. The van der Waals surface area contributed by atoms with Gasteiger partial charge < -0.3 is 10.6 Å². The molecule has 1 aromatic rings. The molecule has 0 fully saturated rings. The van der Waals surface area contributed by atoms with Gasteiger partial charge in [0.2, 0.25) is 0 Å². The van der Waals surface area contributed by atoms with Crippen LogP contribution in [0.4, 0.5) is 0 Å².